The predicted molar refractivity (Wildman–Crippen MR) is 104 cm³/mol. The Morgan fingerprint density at radius 2 is 1.81 bits per heavy atom. The Morgan fingerprint density at radius 3 is 2.45 bits per heavy atom. The average molecular weight is 453 g/mol. The van der Waals surface area contributed by atoms with Crippen molar-refractivity contribution in [1.82, 2.24) is 14.4 Å². The van der Waals surface area contributed by atoms with Crippen molar-refractivity contribution in [2.75, 3.05) is 13.1 Å². The van der Waals surface area contributed by atoms with E-state index in [2.05, 4.69) is 14.7 Å². The maximum atomic E-state index is 12.6. The third-order valence-corrected chi connectivity index (χ3v) is 6.59. The lowest BCUT2D eigenvalue weighted by Gasteiger charge is -2.17. The van der Waals surface area contributed by atoms with E-state index in [1.165, 1.54) is 16.4 Å². The molecule has 1 aromatic heterocycles. The smallest absolute Gasteiger partial charge is 0.471 e. The summed E-state index contributed by atoms with van der Waals surface area (Å²) in [4.78, 5) is 3.34. The molecule has 2 aromatic carbocycles. The van der Waals surface area contributed by atoms with Gasteiger partial charge in [-0.3, -0.25) is 0 Å². The van der Waals surface area contributed by atoms with Crippen molar-refractivity contribution in [1.29, 1.82) is 0 Å². The number of nitrogens with zero attached hydrogens (tertiary/aromatic N) is 3. The first-order chi connectivity index (χ1) is 14.7. The van der Waals surface area contributed by atoms with Gasteiger partial charge < -0.3 is 9.26 Å². The maximum Gasteiger partial charge on any atom is 0.471 e. The molecule has 0 saturated carbocycles. The van der Waals surface area contributed by atoms with Gasteiger partial charge in [0.15, 0.2) is 0 Å². The van der Waals surface area contributed by atoms with Crippen LogP contribution in [0.25, 0.3) is 11.4 Å². The molecule has 11 heteroatoms. The van der Waals surface area contributed by atoms with Crippen LogP contribution in [0.1, 0.15) is 17.9 Å². The van der Waals surface area contributed by atoms with E-state index in [-0.39, 0.29) is 24.2 Å². The fourth-order valence-electron chi connectivity index (χ4n) is 3.25. The fourth-order valence-corrected chi connectivity index (χ4v) is 4.83. The van der Waals surface area contributed by atoms with Gasteiger partial charge >= 0.3 is 12.1 Å². The predicted octanol–water partition coefficient (Wildman–Crippen LogP) is 3.74. The molecule has 3 aromatic rings. The Labute approximate surface area is 176 Å². The lowest BCUT2D eigenvalue weighted by molar-refractivity contribution is -0.159. The monoisotopic (exact) mass is 453 g/mol. The van der Waals surface area contributed by atoms with Crippen LogP contribution in [0.5, 0.6) is 5.75 Å². The Morgan fingerprint density at radius 1 is 1.10 bits per heavy atom. The number of ether oxygens (including phenoxy) is 1. The molecule has 0 spiro atoms. The summed E-state index contributed by atoms with van der Waals surface area (Å²) in [7, 11) is -3.46. The molecular formula is C20H18F3N3O4S. The second-order valence-electron chi connectivity index (χ2n) is 7.07. The highest BCUT2D eigenvalue weighted by atomic mass is 32.2. The molecule has 7 nitrogen and oxygen atoms in total. The zero-order valence-electron chi connectivity index (χ0n) is 16.1. The molecule has 0 radical (unpaired) electrons. The molecule has 0 N–H and O–H groups in total. The molecule has 0 amide bonds. The highest BCUT2D eigenvalue weighted by molar-refractivity contribution is 7.88. The summed E-state index contributed by atoms with van der Waals surface area (Å²) in [6.45, 7) is 0.595. The molecule has 1 fully saturated rings. The molecule has 1 saturated heterocycles. The van der Waals surface area contributed by atoms with E-state index in [0.717, 1.165) is 5.56 Å². The van der Waals surface area contributed by atoms with Crippen molar-refractivity contribution in [2.45, 2.75) is 24.5 Å². The molecular weight excluding hydrogens is 435 g/mol. The molecule has 164 valence electrons. The standard InChI is InChI=1S/C20H18F3N3O4S/c21-20(22,23)19-24-18(25-30-19)15-6-8-16(9-7-15)29-17-10-11-26(12-17)31(27,28)13-14-4-2-1-3-5-14/h1-9,17H,10-13H2/t17-/m1/s1. The van der Waals surface area contributed by atoms with E-state index in [4.69, 9.17) is 4.74 Å². The lowest BCUT2D eigenvalue weighted by Crippen LogP contribution is -2.32. The van der Waals surface area contributed by atoms with Crippen LogP contribution in [-0.4, -0.2) is 42.1 Å². The third-order valence-electron chi connectivity index (χ3n) is 4.78. The van der Waals surface area contributed by atoms with Crippen molar-refractivity contribution >= 4 is 10.0 Å². The van der Waals surface area contributed by atoms with Gasteiger partial charge in [-0.25, -0.2) is 8.42 Å². The number of aromatic nitrogens is 2. The molecule has 1 aliphatic heterocycles. The number of rotatable bonds is 6. The van der Waals surface area contributed by atoms with Crippen LogP contribution < -0.4 is 4.74 Å². The number of benzene rings is 2. The van der Waals surface area contributed by atoms with E-state index < -0.39 is 22.1 Å². The minimum atomic E-state index is -4.70. The van der Waals surface area contributed by atoms with Gasteiger partial charge in [-0.2, -0.15) is 22.5 Å². The quantitative estimate of drug-likeness (QED) is 0.565. The van der Waals surface area contributed by atoms with E-state index in [1.807, 2.05) is 6.07 Å². The number of hydrogen-bond acceptors (Lipinski definition) is 6. The Kier molecular flexibility index (Phi) is 5.71. The Hall–Kier alpha value is -2.92. The normalized spacial score (nSPS) is 17.7. The van der Waals surface area contributed by atoms with Crippen molar-refractivity contribution in [3.05, 3.63) is 66.1 Å². The molecule has 0 unspecified atom stereocenters. The topological polar surface area (TPSA) is 85.5 Å². The van der Waals surface area contributed by atoms with Gasteiger partial charge in [0.2, 0.25) is 15.8 Å². The highest BCUT2D eigenvalue weighted by Crippen LogP contribution is 2.30. The first-order valence-electron chi connectivity index (χ1n) is 9.40. The molecule has 4 rings (SSSR count). The number of sulfonamides is 1. The lowest BCUT2D eigenvalue weighted by atomic mass is 10.2. The summed E-state index contributed by atoms with van der Waals surface area (Å²) < 4.78 is 74.5. The second-order valence-corrected chi connectivity index (χ2v) is 9.04. The van der Waals surface area contributed by atoms with Crippen LogP contribution >= 0.6 is 0 Å². The van der Waals surface area contributed by atoms with Gasteiger partial charge in [-0.05, 0) is 36.2 Å². The third kappa shape index (κ3) is 5.05. The van der Waals surface area contributed by atoms with E-state index in [1.54, 1.807) is 36.4 Å². The van der Waals surface area contributed by atoms with E-state index in [9.17, 15) is 21.6 Å². The van der Waals surface area contributed by atoms with Gasteiger partial charge in [-0.15, -0.1) is 0 Å². The van der Waals surface area contributed by atoms with Gasteiger partial charge in [0, 0.05) is 12.1 Å². The first-order valence-corrected chi connectivity index (χ1v) is 11.0. The number of alkyl halides is 3. The van der Waals surface area contributed by atoms with Crippen molar-refractivity contribution in [2.24, 2.45) is 0 Å². The summed E-state index contributed by atoms with van der Waals surface area (Å²) >= 11 is 0. The SMILES string of the molecule is O=S(=O)(Cc1ccccc1)N1CC[C@@H](Oc2ccc(-c3noc(C(F)(F)F)n3)cc2)C1. The minimum Gasteiger partial charge on any atom is -0.489 e. The van der Waals surface area contributed by atoms with Gasteiger partial charge in [0.1, 0.15) is 11.9 Å². The molecule has 2 heterocycles. The van der Waals surface area contributed by atoms with Crippen LogP contribution in [0.4, 0.5) is 13.2 Å². The summed E-state index contributed by atoms with van der Waals surface area (Å²) in [6.07, 6.45) is -4.49. The summed E-state index contributed by atoms with van der Waals surface area (Å²) in [5.74, 6) is -1.20. The minimum absolute atomic E-state index is 0.0696. The van der Waals surface area contributed by atoms with Gasteiger partial charge in [-0.1, -0.05) is 35.5 Å². The van der Waals surface area contributed by atoms with Crippen LogP contribution in [0, 0.1) is 0 Å². The summed E-state index contributed by atoms with van der Waals surface area (Å²) in [5.41, 5.74) is 1.06. The molecule has 0 aliphatic carbocycles. The van der Waals surface area contributed by atoms with Crippen molar-refractivity contribution in [3.63, 3.8) is 0 Å². The van der Waals surface area contributed by atoms with Crippen LogP contribution in [0.2, 0.25) is 0 Å². The zero-order chi connectivity index (χ0) is 22.1. The van der Waals surface area contributed by atoms with Crippen LogP contribution in [0.3, 0.4) is 0 Å². The Bertz CT molecular complexity index is 1130. The number of hydrogen-bond donors (Lipinski definition) is 0. The molecule has 31 heavy (non-hydrogen) atoms. The fraction of sp³-hybridized carbons (Fsp3) is 0.300. The first kappa shape index (κ1) is 21.3. The molecule has 1 aliphatic rings. The van der Waals surface area contributed by atoms with E-state index in [0.29, 0.717) is 24.3 Å². The highest BCUT2D eigenvalue weighted by Gasteiger charge is 2.38. The van der Waals surface area contributed by atoms with Crippen LogP contribution in [0.15, 0.2) is 59.1 Å². The van der Waals surface area contributed by atoms with Gasteiger partial charge in [0.05, 0.1) is 12.3 Å². The Balaban J connectivity index is 1.36. The van der Waals surface area contributed by atoms with Gasteiger partial charge in [0.25, 0.3) is 0 Å². The van der Waals surface area contributed by atoms with Crippen molar-refractivity contribution < 1.29 is 30.8 Å². The van der Waals surface area contributed by atoms with Crippen LogP contribution in [-0.2, 0) is 22.0 Å². The molecule has 1 atom stereocenters. The zero-order valence-corrected chi connectivity index (χ0v) is 16.9. The summed E-state index contributed by atoms with van der Waals surface area (Å²) in [5, 5.41) is 3.34. The largest absolute Gasteiger partial charge is 0.489 e. The van der Waals surface area contributed by atoms with E-state index >= 15 is 0 Å². The number of halogens is 3. The van der Waals surface area contributed by atoms with Crippen molar-refractivity contribution in [3.8, 4) is 17.1 Å². The maximum absolute atomic E-state index is 12.6. The second kappa shape index (κ2) is 8.31. The average Bonchev–Trinajstić information content (AvgIpc) is 3.39. The molecule has 0 bridgehead atoms. The summed E-state index contributed by atoms with van der Waals surface area (Å²) in [6, 6.07) is 15.1.